The smallest absolute Gasteiger partial charge is 0.115 e. The fourth-order valence-electron chi connectivity index (χ4n) is 7.13. The molecule has 0 atom stereocenters. The van der Waals surface area contributed by atoms with Crippen LogP contribution >= 0.6 is 0 Å². The SMILES string of the molecule is c1ccc(-c2cccc(-c3cc(-c4cccc(-c5ccccc5)c4)c(-c4ccc(-c5cncnc5)cc4)cc3-c3ccc(-c4cncnc4)cc3)c2)cc1. The molecule has 4 heteroatoms. The Bertz CT molecular complexity index is 2470. The lowest BCUT2D eigenvalue weighted by molar-refractivity contribution is 1.17. The predicted molar refractivity (Wildman–Crippen MR) is 221 cm³/mol. The molecule has 0 amide bonds. The summed E-state index contributed by atoms with van der Waals surface area (Å²) in [6.07, 6.45) is 10.5. The van der Waals surface area contributed by atoms with Crippen LogP contribution in [0.1, 0.15) is 0 Å². The number of hydrogen-bond donors (Lipinski definition) is 0. The van der Waals surface area contributed by atoms with E-state index in [1.165, 1.54) is 22.3 Å². The molecule has 7 aromatic carbocycles. The molecule has 0 radical (unpaired) electrons. The maximum Gasteiger partial charge on any atom is 0.115 e. The van der Waals surface area contributed by atoms with E-state index in [2.05, 4.69) is 190 Å². The van der Waals surface area contributed by atoms with Gasteiger partial charge in [0.1, 0.15) is 12.7 Å². The highest BCUT2D eigenvalue weighted by molar-refractivity contribution is 5.96. The molecular formula is C50H34N4. The molecule has 2 heterocycles. The number of nitrogens with zero attached hydrogens (tertiary/aromatic N) is 4. The van der Waals surface area contributed by atoms with Gasteiger partial charge in [-0.2, -0.15) is 0 Å². The fraction of sp³-hybridized carbons (Fsp3) is 0. The molecule has 9 rings (SSSR count). The van der Waals surface area contributed by atoms with Crippen LogP contribution in [-0.4, -0.2) is 19.9 Å². The van der Waals surface area contributed by atoms with Gasteiger partial charge in [0.15, 0.2) is 0 Å². The molecule has 0 saturated heterocycles. The second-order valence-electron chi connectivity index (χ2n) is 13.2. The molecule has 0 aliphatic carbocycles. The summed E-state index contributed by atoms with van der Waals surface area (Å²) in [6, 6.07) is 61.2. The van der Waals surface area contributed by atoms with E-state index in [9.17, 15) is 0 Å². The van der Waals surface area contributed by atoms with E-state index in [0.29, 0.717) is 0 Å². The van der Waals surface area contributed by atoms with Crippen molar-refractivity contribution in [3.63, 3.8) is 0 Å². The normalized spacial score (nSPS) is 11.0. The van der Waals surface area contributed by atoms with E-state index in [0.717, 1.165) is 66.8 Å². The molecule has 0 unspecified atom stereocenters. The molecular weight excluding hydrogens is 657 g/mol. The molecule has 0 aliphatic rings. The Hall–Kier alpha value is -7.30. The lowest BCUT2D eigenvalue weighted by Gasteiger charge is -2.20. The minimum atomic E-state index is 0.984. The number of benzene rings is 7. The first-order valence-electron chi connectivity index (χ1n) is 18.0. The molecule has 0 spiro atoms. The van der Waals surface area contributed by atoms with Gasteiger partial charge in [0.25, 0.3) is 0 Å². The Labute approximate surface area is 315 Å². The van der Waals surface area contributed by atoms with Crippen LogP contribution in [0.15, 0.2) is 207 Å². The van der Waals surface area contributed by atoms with Gasteiger partial charge in [0, 0.05) is 35.9 Å². The van der Waals surface area contributed by atoms with E-state index in [1.54, 1.807) is 12.7 Å². The number of aromatic nitrogens is 4. The lowest BCUT2D eigenvalue weighted by Crippen LogP contribution is -1.94. The molecule has 9 aromatic rings. The maximum absolute atomic E-state index is 4.25. The zero-order valence-electron chi connectivity index (χ0n) is 29.4. The zero-order valence-corrected chi connectivity index (χ0v) is 29.4. The van der Waals surface area contributed by atoms with E-state index in [4.69, 9.17) is 0 Å². The molecule has 254 valence electrons. The van der Waals surface area contributed by atoms with Gasteiger partial charge in [0.2, 0.25) is 0 Å². The average molecular weight is 691 g/mol. The van der Waals surface area contributed by atoms with Crippen molar-refractivity contribution in [2.45, 2.75) is 0 Å². The summed E-state index contributed by atoms with van der Waals surface area (Å²) in [5.41, 5.74) is 18.0. The van der Waals surface area contributed by atoms with Crippen molar-refractivity contribution in [2.24, 2.45) is 0 Å². The van der Waals surface area contributed by atoms with Crippen LogP contribution in [0.2, 0.25) is 0 Å². The Morgan fingerprint density at radius 3 is 0.889 bits per heavy atom. The molecule has 0 fully saturated rings. The highest BCUT2D eigenvalue weighted by Gasteiger charge is 2.18. The summed E-state index contributed by atoms with van der Waals surface area (Å²) in [7, 11) is 0. The van der Waals surface area contributed by atoms with Gasteiger partial charge in [-0.05, 0) is 102 Å². The topological polar surface area (TPSA) is 51.6 Å². The number of rotatable bonds is 8. The van der Waals surface area contributed by atoms with E-state index >= 15 is 0 Å². The third kappa shape index (κ3) is 6.72. The lowest BCUT2D eigenvalue weighted by atomic mass is 9.84. The fourth-order valence-corrected chi connectivity index (χ4v) is 7.13. The third-order valence-electron chi connectivity index (χ3n) is 9.90. The first-order valence-corrected chi connectivity index (χ1v) is 18.0. The minimum Gasteiger partial charge on any atom is -0.244 e. The summed E-state index contributed by atoms with van der Waals surface area (Å²) < 4.78 is 0. The largest absolute Gasteiger partial charge is 0.244 e. The Kier molecular flexibility index (Phi) is 8.90. The van der Waals surface area contributed by atoms with Gasteiger partial charge >= 0.3 is 0 Å². The Morgan fingerprint density at radius 1 is 0.204 bits per heavy atom. The first kappa shape index (κ1) is 32.6. The van der Waals surface area contributed by atoms with Gasteiger partial charge in [-0.25, -0.2) is 19.9 Å². The van der Waals surface area contributed by atoms with Crippen molar-refractivity contribution in [2.75, 3.05) is 0 Å². The average Bonchev–Trinajstić information content (AvgIpc) is 3.27. The van der Waals surface area contributed by atoms with Crippen molar-refractivity contribution in [1.29, 1.82) is 0 Å². The molecule has 4 nitrogen and oxygen atoms in total. The summed E-state index contributed by atoms with van der Waals surface area (Å²) in [5.74, 6) is 0. The summed E-state index contributed by atoms with van der Waals surface area (Å²) >= 11 is 0. The van der Waals surface area contributed by atoms with Crippen molar-refractivity contribution < 1.29 is 0 Å². The monoisotopic (exact) mass is 690 g/mol. The molecule has 54 heavy (non-hydrogen) atoms. The standard InChI is InChI=1S/C50H34N4/c1-3-9-35(10-4-1)41-13-7-15-43(25-41)49-28-50(44-16-8-14-42(26-44)36-11-5-2-6-12-36)48(40-23-19-38(20-24-40)46-31-53-34-54-32-46)27-47(49)39-21-17-37(18-22-39)45-29-51-33-52-30-45/h1-34H. The van der Waals surface area contributed by atoms with Crippen LogP contribution in [-0.2, 0) is 0 Å². The van der Waals surface area contributed by atoms with E-state index in [-0.39, 0.29) is 0 Å². The van der Waals surface area contributed by atoms with Crippen molar-refractivity contribution in [1.82, 2.24) is 19.9 Å². The maximum atomic E-state index is 4.25. The summed E-state index contributed by atoms with van der Waals surface area (Å²) in [6.45, 7) is 0. The summed E-state index contributed by atoms with van der Waals surface area (Å²) in [4.78, 5) is 17.0. The molecule has 0 bridgehead atoms. The van der Waals surface area contributed by atoms with Crippen LogP contribution in [0.3, 0.4) is 0 Å². The summed E-state index contributed by atoms with van der Waals surface area (Å²) in [5, 5.41) is 0. The molecule has 0 N–H and O–H groups in total. The van der Waals surface area contributed by atoms with Gasteiger partial charge in [-0.15, -0.1) is 0 Å². The molecule has 0 saturated carbocycles. The molecule has 0 aliphatic heterocycles. The first-order chi connectivity index (χ1) is 26.8. The van der Waals surface area contributed by atoms with Crippen LogP contribution in [0.5, 0.6) is 0 Å². The van der Waals surface area contributed by atoms with Gasteiger partial charge < -0.3 is 0 Å². The third-order valence-corrected chi connectivity index (χ3v) is 9.90. The quantitative estimate of drug-likeness (QED) is 0.159. The van der Waals surface area contributed by atoms with Gasteiger partial charge in [-0.1, -0.05) is 146 Å². The van der Waals surface area contributed by atoms with E-state index < -0.39 is 0 Å². The van der Waals surface area contributed by atoms with Crippen molar-refractivity contribution in [3.05, 3.63) is 207 Å². The van der Waals surface area contributed by atoms with Crippen LogP contribution < -0.4 is 0 Å². The van der Waals surface area contributed by atoms with Crippen LogP contribution in [0.4, 0.5) is 0 Å². The van der Waals surface area contributed by atoms with E-state index in [1.807, 2.05) is 24.8 Å². The zero-order chi connectivity index (χ0) is 36.1. The second kappa shape index (κ2) is 14.7. The van der Waals surface area contributed by atoms with Crippen LogP contribution in [0.25, 0.3) is 89.0 Å². The van der Waals surface area contributed by atoms with Crippen LogP contribution in [0, 0.1) is 0 Å². The highest BCUT2D eigenvalue weighted by atomic mass is 14.8. The van der Waals surface area contributed by atoms with Gasteiger partial charge in [0.05, 0.1) is 0 Å². The predicted octanol–water partition coefficient (Wildman–Crippen LogP) is 12.6. The van der Waals surface area contributed by atoms with Crippen molar-refractivity contribution >= 4 is 0 Å². The number of hydrogen-bond acceptors (Lipinski definition) is 4. The Morgan fingerprint density at radius 2 is 0.500 bits per heavy atom. The van der Waals surface area contributed by atoms with Gasteiger partial charge in [-0.3, -0.25) is 0 Å². The Balaban J connectivity index is 1.27. The molecule has 2 aromatic heterocycles. The van der Waals surface area contributed by atoms with Crippen molar-refractivity contribution in [3.8, 4) is 89.0 Å². The second-order valence-corrected chi connectivity index (χ2v) is 13.2. The highest BCUT2D eigenvalue weighted by Crippen LogP contribution is 2.44. The minimum absolute atomic E-state index is 0.984.